The van der Waals surface area contributed by atoms with Gasteiger partial charge in [0.2, 0.25) is 0 Å². The molecule has 33 heavy (non-hydrogen) atoms. The maximum Gasteiger partial charge on any atom is 0.300 e. The maximum absolute atomic E-state index is 14.7. The van der Waals surface area contributed by atoms with Gasteiger partial charge >= 0.3 is 0 Å². The van der Waals surface area contributed by atoms with Gasteiger partial charge in [0.1, 0.15) is 28.9 Å². The predicted molar refractivity (Wildman–Crippen MR) is 117 cm³/mol. The first kappa shape index (κ1) is 22.0. The zero-order chi connectivity index (χ0) is 23.9. The van der Waals surface area contributed by atoms with Crippen molar-refractivity contribution in [1.29, 1.82) is 0 Å². The molecular formula is C25H19F2NO5. The highest BCUT2D eigenvalue weighted by Gasteiger charge is 2.47. The number of hydrogen-bond donors (Lipinski definition) is 2. The summed E-state index contributed by atoms with van der Waals surface area (Å²) in [5, 5.41) is 20.8. The van der Waals surface area contributed by atoms with Crippen LogP contribution in [0, 0.1) is 18.6 Å². The lowest BCUT2D eigenvalue weighted by Gasteiger charge is -2.26. The van der Waals surface area contributed by atoms with E-state index in [-0.39, 0.29) is 22.6 Å². The van der Waals surface area contributed by atoms with Gasteiger partial charge in [0.25, 0.3) is 11.7 Å². The minimum absolute atomic E-state index is 0.0607. The Morgan fingerprint density at radius 2 is 1.70 bits per heavy atom. The molecule has 1 atom stereocenters. The number of Topliss-reactive ketones (excluding diaryl/α,β-unsaturated/α-hetero) is 1. The highest BCUT2D eigenvalue weighted by atomic mass is 19.1. The van der Waals surface area contributed by atoms with Crippen LogP contribution in [0.3, 0.4) is 0 Å². The summed E-state index contributed by atoms with van der Waals surface area (Å²) >= 11 is 0. The topological polar surface area (TPSA) is 87.1 Å². The minimum Gasteiger partial charge on any atom is -0.508 e. The fraction of sp³-hybridized carbons (Fsp3) is 0.120. The van der Waals surface area contributed by atoms with E-state index in [0.29, 0.717) is 22.9 Å². The summed E-state index contributed by atoms with van der Waals surface area (Å²) in [5.74, 6) is -3.94. The zero-order valence-electron chi connectivity index (χ0n) is 17.7. The molecule has 0 aromatic heterocycles. The molecule has 0 bridgehead atoms. The number of carbonyl (C=O) groups excluding carboxylic acids is 2. The third kappa shape index (κ3) is 3.80. The molecule has 1 saturated heterocycles. The number of aliphatic hydroxyl groups is 1. The fourth-order valence-corrected chi connectivity index (χ4v) is 3.91. The first-order chi connectivity index (χ1) is 15.7. The van der Waals surface area contributed by atoms with E-state index < -0.39 is 35.1 Å². The average Bonchev–Trinajstić information content (AvgIpc) is 3.04. The second kappa shape index (κ2) is 8.38. The summed E-state index contributed by atoms with van der Waals surface area (Å²) < 4.78 is 33.4. The van der Waals surface area contributed by atoms with Gasteiger partial charge in [-0.05, 0) is 60.5 Å². The van der Waals surface area contributed by atoms with Crippen LogP contribution in [-0.4, -0.2) is 29.0 Å². The number of phenolic OH excluding ortho intramolecular Hbond substituents is 1. The summed E-state index contributed by atoms with van der Waals surface area (Å²) in [4.78, 5) is 26.9. The Kier molecular flexibility index (Phi) is 5.59. The lowest BCUT2D eigenvalue weighted by molar-refractivity contribution is -0.132. The second-order valence-corrected chi connectivity index (χ2v) is 7.54. The number of benzene rings is 3. The Morgan fingerprint density at radius 1 is 1.00 bits per heavy atom. The maximum atomic E-state index is 14.7. The average molecular weight is 451 g/mol. The summed E-state index contributed by atoms with van der Waals surface area (Å²) in [5.41, 5.74) is 0.694. The number of nitrogens with zero attached hydrogens (tertiary/aromatic N) is 1. The van der Waals surface area contributed by atoms with Crippen molar-refractivity contribution in [3.63, 3.8) is 0 Å². The SMILES string of the molecule is COc1ccc(/C(O)=C2\C(=O)C(=O)N(c3ccc(F)cc3F)C2c2ccc(O)cc2)cc1C. The minimum atomic E-state index is -1.21. The molecule has 3 aromatic rings. The van der Waals surface area contributed by atoms with E-state index in [1.165, 1.54) is 37.4 Å². The molecule has 1 unspecified atom stereocenters. The number of amides is 1. The van der Waals surface area contributed by atoms with Crippen molar-refractivity contribution in [3.8, 4) is 11.5 Å². The second-order valence-electron chi connectivity index (χ2n) is 7.54. The van der Waals surface area contributed by atoms with Gasteiger partial charge in [-0.3, -0.25) is 14.5 Å². The lowest BCUT2D eigenvalue weighted by atomic mass is 9.94. The lowest BCUT2D eigenvalue weighted by Crippen LogP contribution is -2.30. The first-order valence-electron chi connectivity index (χ1n) is 9.93. The number of carbonyl (C=O) groups is 2. The van der Waals surface area contributed by atoms with Crippen LogP contribution >= 0.6 is 0 Å². The van der Waals surface area contributed by atoms with E-state index in [4.69, 9.17) is 4.74 Å². The Hall–Kier alpha value is -4.20. The number of hydrogen-bond acceptors (Lipinski definition) is 5. The van der Waals surface area contributed by atoms with Crippen molar-refractivity contribution in [2.45, 2.75) is 13.0 Å². The zero-order valence-corrected chi connectivity index (χ0v) is 17.7. The smallest absolute Gasteiger partial charge is 0.300 e. The number of anilines is 1. The Balaban J connectivity index is 1.96. The number of aromatic hydroxyl groups is 1. The van der Waals surface area contributed by atoms with Crippen LogP contribution in [0.5, 0.6) is 11.5 Å². The summed E-state index contributed by atoms with van der Waals surface area (Å²) in [6.45, 7) is 1.75. The highest BCUT2D eigenvalue weighted by Crippen LogP contribution is 2.43. The van der Waals surface area contributed by atoms with Crippen molar-refractivity contribution in [2.75, 3.05) is 12.0 Å². The van der Waals surface area contributed by atoms with Crippen LogP contribution in [-0.2, 0) is 9.59 Å². The van der Waals surface area contributed by atoms with Crippen molar-refractivity contribution >= 4 is 23.1 Å². The third-order valence-corrected chi connectivity index (χ3v) is 5.49. The number of rotatable bonds is 4. The third-order valence-electron chi connectivity index (χ3n) is 5.49. The van der Waals surface area contributed by atoms with Gasteiger partial charge in [0.05, 0.1) is 24.4 Å². The van der Waals surface area contributed by atoms with Gasteiger partial charge in [-0.1, -0.05) is 12.1 Å². The van der Waals surface area contributed by atoms with Gasteiger partial charge < -0.3 is 14.9 Å². The summed E-state index contributed by atoms with van der Waals surface area (Å²) in [6, 6.07) is 11.7. The number of ketones is 1. The molecular weight excluding hydrogens is 432 g/mol. The molecule has 1 fully saturated rings. The van der Waals surface area contributed by atoms with Crippen molar-refractivity contribution in [1.82, 2.24) is 0 Å². The standard InChI is InChI=1S/C25H19F2NO5/c1-13-11-15(5-10-20(13)33-2)23(30)21-22(14-3-7-17(29)8-4-14)28(25(32)24(21)31)19-9-6-16(26)12-18(19)27/h3-12,22,29-30H,1-2H3/b23-21+. The number of aryl methyl sites for hydroxylation is 1. The molecule has 0 saturated carbocycles. The molecule has 0 spiro atoms. The molecule has 1 aliphatic rings. The van der Waals surface area contributed by atoms with Crippen molar-refractivity contribution in [2.24, 2.45) is 0 Å². The van der Waals surface area contributed by atoms with Gasteiger partial charge in [0.15, 0.2) is 0 Å². The largest absolute Gasteiger partial charge is 0.508 e. The molecule has 168 valence electrons. The molecule has 8 heteroatoms. The van der Waals surface area contributed by atoms with Gasteiger partial charge in [-0.15, -0.1) is 0 Å². The van der Waals surface area contributed by atoms with Gasteiger partial charge in [0, 0.05) is 11.6 Å². The van der Waals surface area contributed by atoms with Crippen LogP contribution in [0.15, 0.2) is 66.2 Å². The molecule has 0 aliphatic carbocycles. The molecule has 1 amide bonds. The molecule has 2 N–H and O–H groups in total. The Bertz CT molecular complexity index is 1300. The molecule has 1 aliphatic heterocycles. The molecule has 4 rings (SSSR count). The quantitative estimate of drug-likeness (QED) is 0.344. The normalized spacial score (nSPS) is 17.5. The number of methoxy groups -OCH3 is 1. The van der Waals surface area contributed by atoms with Crippen LogP contribution in [0.1, 0.15) is 22.7 Å². The van der Waals surface area contributed by atoms with Crippen LogP contribution in [0.25, 0.3) is 5.76 Å². The first-order valence-corrected chi connectivity index (χ1v) is 9.93. The van der Waals surface area contributed by atoms with Crippen LogP contribution < -0.4 is 9.64 Å². The monoisotopic (exact) mass is 451 g/mol. The molecule has 3 aromatic carbocycles. The highest BCUT2D eigenvalue weighted by molar-refractivity contribution is 6.51. The number of ether oxygens (including phenoxy) is 1. The van der Waals surface area contributed by atoms with Crippen molar-refractivity contribution in [3.05, 3.63) is 94.6 Å². The van der Waals surface area contributed by atoms with E-state index in [1.54, 1.807) is 19.1 Å². The van der Waals surface area contributed by atoms with E-state index in [1.807, 2.05) is 0 Å². The fourth-order valence-electron chi connectivity index (χ4n) is 3.91. The van der Waals surface area contributed by atoms with E-state index >= 15 is 0 Å². The Morgan fingerprint density at radius 3 is 2.30 bits per heavy atom. The molecule has 6 nitrogen and oxygen atoms in total. The number of halogens is 2. The van der Waals surface area contributed by atoms with E-state index in [0.717, 1.165) is 17.0 Å². The number of phenols is 1. The van der Waals surface area contributed by atoms with Gasteiger partial charge in [-0.25, -0.2) is 8.78 Å². The molecule has 1 heterocycles. The van der Waals surface area contributed by atoms with Gasteiger partial charge in [-0.2, -0.15) is 0 Å². The Labute approximate surface area is 188 Å². The summed E-state index contributed by atoms with van der Waals surface area (Å²) in [6.07, 6.45) is 0. The summed E-state index contributed by atoms with van der Waals surface area (Å²) in [7, 11) is 1.50. The van der Waals surface area contributed by atoms with Crippen LogP contribution in [0.4, 0.5) is 14.5 Å². The van der Waals surface area contributed by atoms with E-state index in [2.05, 4.69) is 0 Å². The van der Waals surface area contributed by atoms with E-state index in [9.17, 15) is 28.6 Å². The van der Waals surface area contributed by atoms with Crippen molar-refractivity contribution < 1.29 is 33.3 Å². The number of aliphatic hydroxyl groups excluding tert-OH is 1. The van der Waals surface area contributed by atoms with Crippen LogP contribution in [0.2, 0.25) is 0 Å². The predicted octanol–water partition coefficient (Wildman–Crippen LogP) is 4.61. The molecule has 0 radical (unpaired) electrons.